The molecule has 6 nitrogen and oxygen atoms in total. The Hall–Kier alpha value is -1.11. The maximum atomic E-state index is 12.0. The summed E-state index contributed by atoms with van der Waals surface area (Å²) in [6.45, 7) is 6.66. The molecule has 2 amide bonds. The Kier molecular flexibility index (Phi) is 6.31. The van der Waals surface area contributed by atoms with E-state index in [1.54, 1.807) is 34.0 Å². The first-order valence-corrected chi connectivity index (χ1v) is 7.36. The third-order valence-electron chi connectivity index (χ3n) is 2.20. The number of nitrogens with one attached hydrogen (secondary N) is 1. The molecule has 7 heteroatoms. The third-order valence-corrected chi connectivity index (χ3v) is 3.17. The average molecular weight is 278 g/mol. The van der Waals surface area contributed by atoms with E-state index in [1.165, 1.54) is 4.90 Å². The summed E-state index contributed by atoms with van der Waals surface area (Å²) >= 11 is 0. The zero-order valence-electron chi connectivity index (χ0n) is 11.5. The van der Waals surface area contributed by atoms with Gasteiger partial charge in [-0.15, -0.1) is 0 Å². The van der Waals surface area contributed by atoms with Gasteiger partial charge in [-0.3, -0.25) is 9.00 Å². The first-order chi connectivity index (χ1) is 8.04. The molecule has 18 heavy (non-hydrogen) atoms. The second-order valence-corrected chi connectivity index (χ2v) is 6.72. The van der Waals surface area contributed by atoms with Crippen LogP contribution in [0.15, 0.2) is 0 Å². The lowest BCUT2D eigenvalue weighted by atomic mass is 10.1. The van der Waals surface area contributed by atoms with Crippen LogP contribution < -0.4 is 5.32 Å². The molecule has 2 N–H and O–H groups in total. The number of carboxylic acid groups (broad SMARTS) is 1. The van der Waals surface area contributed by atoms with Crippen LogP contribution in [-0.2, 0) is 15.6 Å². The van der Waals surface area contributed by atoms with Crippen molar-refractivity contribution in [3.8, 4) is 0 Å². The fraction of sp³-hybridized carbons (Fsp3) is 0.818. The van der Waals surface area contributed by atoms with Crippen molar-refractivity contribution in [1.82, 2.24) is 10.2 Å². The molecule has 2 unspecified atom stereocenters. The average Bonchev–Trinajstić information content (AvgIpc) is 2.09. The van der Waals surface area contributed by atoms with Gasteiger partial charge in [-0.1, -0.05) is 0 Å². The smallest absolute Gasteiger partial charge is 0.323 e. The van der Waals surface area contributed by atoms with Gasteiger partial charge in [0.1, 0.15) is 6.54 Å². The van der Waals surface area contributed by atoms with Gasteiger partial charge in [0.2, 0.25) is 0 Å². The number of rotatable bonds is 5. The van der Waals surface area contributed by atoms with Crippen LogP contribution >= 0.6 is 0 Å². The Morgan fingerprint density at radius 1 is 1.39 bits per heavy atom. The number of carboxylic acids is 1. The van der Waals surface area contributed by atoms with Crippen LogP contribution in [0.4, 0.5) is 4.79 Å². The van der Waals surface area contributed by atoms with Crippen LogP contribution in [0.3, 0.4) is 0 Å². The molecule has 0 aromatic carbocycles. The summed E-state index contributed by atoms with van der Waals surface area (Å²) in [6, 6.07) is -0.718. The van der Waals surface area contributed by atoms with Gasteiger partial charge in [-0.05, 0) is 27.7 Å². The van der Waals surface area contributed by atoms with Gasteiger partial charge in [0.05, 0.1) is 0 Å². The van der Waals surface area contributed by atoms with Gasteiger partial charge in [0.25, 0.3) is 0 Å². The van der Waals surface area contributed by atoms with Crippen LogP contribution in [-0.4, -0.2) is 56.3 Å². The summed E-state index contributed by atoms with van der Waals surface area (Å²) in [5, 5.41) is 11.5. The number of urea groups is 1. The first-order valence-electron chi connectivity index (χ1n) is 5.64. The summed E-state index contributed by atoms with van der Waals surface area (Å²) < 4.78 is 11.0. The van der Waals surface area contributed by atoms with Crippen molar-refractivity contribution < 1.29 is 18.9 Å². The fourth-order valence-corrected chi connectivity index (χ4v) is 2.22. The summed E-state index contributed by atoms with van der Waals surface area (Å²) in [6.07, 6.45) is 1.56. The number of carbonyl (C=O) groups excluding carboxylic acids is 1. The minimum atomic E-state index is -1.06. The molecular weight excluding hydrogens is 256 g/mol. The van der Waals surface area contributed by atoms with E-state index < -0.39 is 28.3 Å². The normalized spacial score (nSPS) is 14.7. The Labute approximate surface area is 110 Å². The van der Waals surface area contributed by atoms with Crippen LogP contribution in [0, 0.1) is 0 Å². The standard InChI is InChI=1S/C11H22N2O4S/c1-8(7-18(5)17)12-10(16)13(6-9(14)15)11(2,3)4/h8H,6-7H2,1-5H3,(H,12,16)(H,14,15). The zero-order valence-corrected chi connectivity index (χ0v) is 12.3. The Morgan fingerprint density at radius 2 is 1.89 bits per heavy atom. The molecule has 0 saturated heterocycles. The maximum Gasteiger partial charge on any atom is 0.323 e. The fourth-order valence-electron chi connectivity index (χ4n) is 1.43. The Morgan fingerprint density at radius 3 is 2.22 bits per heavy atom. The molecule has 106 valence electrons. The van der Waals surface area contributed by atoms with E-state index in [-0.39, 0.29) is 12.6 Å². The third kappa shape index (κ3) is 6.58. The summed E-state index contributed by atoms with van der Waals surface area (Å²) in [5.74, 6) is -0.719. The van der Waals surface area contributed by atoms with Gasteiger partial charge in [-0.25, -0.2) is 4.79 Å². The van der Waals surface area contributed by atoms with Crippen molar-refractivity contribution in [2.45, 2.75) is 39.3 Å². The molecule has 0 aliphatic rings. The van der Waals surface area contributed by atoms with Crippen molar-refractivity contribution in [3.63, 3.8) is 0 Å². The van der Waals surface area contributed by atoms with E-state index in [9.17, 15) is 13.8 Å². The molecule has 0 fully saturated rings. The number of carbonyl (C=O) groups is 2. The van der Waals surface area contributed by atoms with Crippen LogP contribution in [0.2, 0.25) is 0 Å². The minimum absolute atomic E-state index is 0.262. The number of amides is 2. The summed E-state index contributed by atoms with van der Waals surface area (Å²) in [4.78, 5) is 24.0. The Bertz CT molecular complexity index is 338. The van der Waals surface area contributed by atoms with Gasteiger partial charge < -0.3 is 15.3 Å². The monoisotopic (exact) mass is 278 g/mol. The van der Waals surface area contributed by atoms with Crippen molar-refractivity contribution in [3.05, 3.63) is 0 Å². The minimum Gasteiger partial charge on any atom is -0.480 e. The molecule has 0 radical (unpaired) electrons. The highest BCUT2D eigenvalue weighted by Crippen LogP contribution is 2.13. The summed E-state index contributed by atoms with van der Waals surface area (Å²) in [7, 11) is -1.01. The summed E-state index contributed by atoms with van der Waals surface area (Å²) in [5.41, 5.74) is -0.590. The quantitative estimate of drug-likeness (QED) is 0.773. The molecular formula is C11H22N2O4S. The first kappa shape index (κ1) is 16.9. The topological polar surface area (TPSA) is 86.7 Å². The van der Waals surface area contributed by atoms with Gasteiger partial charge in [0.15, 0.2) is 0 Å². The molecule has 0 saturated carbocycles. The lowest BCUT2D eigenvalue weighted by Crippen LogP contribution is -2.54. The molecule has 0 aliphatic carbocycles. The molecule has 2 atom stereocenters. The molecule has 0 aromatic heterocycles. The molecule has 0 aliphatic heterocycles. The van der Waals surface area contributed by atoms with Crippen LogP contribution in [0.5, 0.6) is 0 Å². The van der Waals surface area contributed by atoms with Gasteiger partial charge in [-0.2, -0.15) is 0 Å². The van der Waals surface area contributed by atoms with E-state index in [0.717, 1.165) is 0 Å². The van der Waals surface area contributed by atoms with Crippen LogP contribution in [0.1, 0.15) is 27.7 Å². The van der Waals surface area contributed by atoms with Crippen molar-refractivity contribution in [2.75, 3.05) is 18.6 Å². The number of hydrogen-bond acceptors (Lipinski definition) is 3. The Balaban J connectivity index is 4.67. The predicted octanol–water partition coefficient (Wildman–Crippen LogP) is 0.648. The number of hydrogen-bond donors (Lipinski definition) is 2. The highest BCUT2D eigenvalue weighted by molar-refractivity contribution is 7.84. The van der Waals surface area contributed by atoms with Gasteiger partial charge >= 0.3 is 12.0 Å². The van der Waals surface area contributed by atoms with E-state index in [0.29, 0.717) is 5.75 Å². The zero-order chi connectivity index (χ0) is 14.5. The van der Waals surface area contributed by atoms with Crippen molar-refractivity contribution >= 4 is 22.8 Å². The maximum absolute atomic E-state index is 12.0. The SMILES string of the molecule is CC(CS(C)=O)NC(=O)N(CC(=O)O)C(C)(C)C. The van der Waals surface area contributed by atoms with E-state index in [2.05, 4.69) is 5.32 Å². The second kappa shape index (κ2) is 6.72. The molecule has 0 heterocycles. The lowest BCUT2D eigenvalue weighted by molar-refractivity contribution is -0.138. The van der Waals surface area contributed by atoms with E-state index in [1.807, 2.05) is 0 Å². The molecule has 0 spiro atoms. The number of nitrogens with zero attached hydrogens (tertiary/aromatic N) is 1. The molecule has 0 bridgehead atoms. The number of aliphatic carboxylic acids is 1. The molecule has 0 rings (SSSR count). The van der Waals surface area contributed by atoms with Crippen molar-refractivity contribution in [2.24, 2.45) is 0 Å². The van der Waals surface area contributed by atoms with Crippen LogP contribution in [0.25, 0.3) is 0 Å². The molecule has 0 aromatic rings. The highest BCUT2D eigenvalue weighted by atomic mass is 32.2. The lowest BCUT2D eigenvalue weighted by Gasteiger charge is -2.35. The largest absolute Gasteiger partial charge is 0.480 e. The van der Waals surface area contributed by atoms with Gasteiger partial charge in [0, 0.05) is 34.4 Å². The van der Waals surface area contributed by atoms with E-state index in [4.69, 9.17) is 5.11 Å². The van der Waals surface area contributed by atoms with Crippen molar-refractivity contribution in [1.29, 1.82) is 0 Å². The second-order valence-electron chi connectivity index (χ2n) is 5.24. The van der Waals surface area contributed by atoms with E-state index >= 15 is 0 Å². The highest BCUT2D eigenvalue weighted by Gasteiger charge is 2.29. The predicted molar refractivity (Wildman–Crippen MR) is 71.0 cm³/mol.